The average molecular weight is 545 g/mol. The van der Waals surface area contributed by atoms with Crippen molar-refractivity contribution in [3.05, 3.63) is 87.5 Å². The number of carbonyl (C=O) groups is 1. The van der Waals surface area contributed by atoms with Gasteiger partial charge in [0.1, 0.15) is 11.5 Å². The van der Waals surface area contributed by atoms with E-state index in [9.17, 15) is 32.3 Å². The molecule has 0 saturated heterocycles. The fourth-order valence-corrected chi connectivity index (χ4v) is 3.91. The molecule has 14 heteroatoms. The monoisotopic (exact) mass is 545 g/mol. The molecule has 10 nitrogen and oxygen atoms in total. The molecule has 204 valence electrons. The normalized spacial score (nSPS) is 12.8. The smallest absolute Gasteiger partial charge is 0.386 e. The second-order valence-corrected chi connectivity index (χ2v) is 9.30. The largest absolute Gasteiger partial charge is 0.419 e. The maximum Gasteiger partial charge on any atom is 0.419 e. The van der Waals surface area contributed by atoms with Crippen molar-refractivity contribution >= 4 is 5.91 Å². The molecule has 0 saturated carbocycles. The number of nitrogens with zero attached hydrogens (tertiary/aromatic N) is 6. The number of aliphatic hydroxyl groups is 1. The quantitative estimate of drug-likeness (QED) is 0.356. The number of amides is 1. The van der Waals surface area contributed by atoms with Crippen molar-refractivity contribution in [1.82, 2.24) is 35.1 Å². The van der Waals surface area contributed by atoms with Gasteiger partial charge in [-0.15, -0.1) is 5.10 Å². The first-order chi connectivity index (χ1) is 18.2. The standard InChI is InChI=1S/C25H23F4N7O3/c1-13(16-6-5-7-17(21(16)26)25(27,28)29)32-22(37)19-9-18(24(2,3)39)23(38)36(33-19)15-8-14(10-30-11-15)20-12-31-34-35(20)4/h5-13,39H,1-4H3,(H,32,37)/t13-/m1/s1. The van der Waals surface area contributed by atoms with E-state index in [1.165, 1.54) is 44.0 Å². The summed E-state index contributed by atoms with van der Waals surface area (Å²) in [6.07, 6.45) is -0.613. The Morgan fingerprint density at radius 2 is 1.82 bits per heavy atom. The van der Waals surface area contributed by atoms with Gasteiger partial charge in [0, 0.05) is 24.4 Å². The molecule has 1 amide bonds. The van der Waals surface area contributed by atoms with Crippen LogP contribution in [0.4, 0.5) is 17.6 Å². The van der Waals surface area contributed by atoms with Crippen LogP contribution in [0.25, 0.3) is 16.9 Å². The van der Waals surface area contributed by atoms with E-state index >= 15 is 0 Å². The van der Waals surface area contributed by atoms with Crippen LogP contribution in [-0.4, -0.2) is 40.8 Å². The molecule has 3 heterocycles. The van der Waals surface area contributed by atoms with Crippen molar-refractivity contribution in [1.29, 1.82) is 0 Å². The Morgan fingerprint density at radius 3 is 2.44 bits per heavy atom. The van der Waals surface area contributed by atoms with Crippen LogP contribution in [0.3, 0.4) is 0 Å². The molecule has 0 aliphatic rings. The fourth-order valence-electron chi connectivity index (χ4n) is 3.91. The van der Waals surface area contributed by atoms with E-state index in [1.807, 2.05) is 0 Å². The minimum absolute atomic E-state index is 0.149. The molecular formula is C25H23F4N7O3. The van der Waals surface area contributed by atoms with Crippen LogP contribution in [0.2, 0.25) is 0 Å². The summed E-state index contributed by atoms with van der Waals surface area (Å²) >= 11 is 0. The molecule has 39 heavy (non-hydrogen) atoms. The first-order valence-electron chi connectivity index (χ1n) is 11.5. The van der Waals surface area contributed by atoms with E-state index in [4.69, 9.17) is 0 Å². The number of pyridine rings is 1. The molecule has 1 atom stereocenters. The van der Waals surface area contributed by atoms with Gasteiger partial charge in [-0.05, 0) is 39.0 Å². The maximum atomic E-state index is 14.6. The zero-order valence-corrected chi connectivity index (χ0v) is 21.2. The van der Waals surface area contributed by atoms with Crippen LogP contribution in [0.15, 0.2) is 53.7 Å². The number of aryl methyl sites for hydroxylation is 1. The van der Waals surface area contributed by atoms with Gasteiger partial charge >= 0.3 is 6.18 Å². The predicted octanol–water partition coefficient (Wildman–Crippen LogP) is 3.30. The van der Waals surface area contributed by atoms with Crippen LogP contribution in [0, 0.1) is 5.82 Å². The summed E-state index contributed by atoms with van der Waals surface area (Å²) in [6.45, 7) is 3.98. The molecule has 0 aliphatic carbocycles. The average Bonchev–Trinajstić information content (AvgIpc) is 3.28. The minimum atomic E-state index is -4.92. The summed E-state index contributed by atoms with van der Waals surface area (Å²) < 4.78 is 56.4. The maximum absolute atomic E-state index is 14.6. The van der Waals surface area contributed by atoms with E-state index in [-0.39, 0.29) is 16.9 Å². The van der Waals surface area contributed by atoms with Gasteiger partial charge in [-0.1, -0.05) is 17.3 Å². The van der Waals surface area contributed by atoms with Crippen LogP contribution < -0.4 is 10.9 Å². The van der Waals surface area contributed by atoms with Gasteiger partial charge in [0.25, 0.3) is 11.5 Å². The SMILES string of the molecule is C[C@@H](NC(=O)c1cc(C(C)(C)O)c(=O)n(-c2cncc(-c3cnnn3C)c2)n1)c1cccc(C(F)(F)F)c1F. The summed E-state index contributed by atoms with van der Waals surface area (Å²) in [5.74, 6) is -2.43. The molecule has 4 aromatic rings. The summed E-state index contributed by atoms with van der Waals surface area (Å²) in [5.41, 5.74) is -3.58. The Balaban J connectivity index is 1.76. The third kappa shape index (κ3) is 5.55. The van der Waals surface area contributed by atoms with E-state index in [1.54, 1.807) is 13.1 Å². The van der Waals surface area contributed by atoms with Crippen molar-refractivity contribution < 1.29 is 27.5 Å². The zero-order chi connectivity index (χ0) is 28.7. The summed E-state index contributed by atoms with van der Waals surface area (Å²) in [6, 6.07) is 4.19. The molecule has 3 aromatic heterocycles. The number of hydrogen-bond acceptors (Lipinski definition) is 7. The van der Waals surface area contributed by atoms with Gasteiger partial charge in [-0.25, -0.2) is 9.07 Å². The van der Waals surface area contributed by atoms with Gasteiger partial charge < -0.3 is 10.4 Å². The van der Waals surface area contributed by atoms with E-state index < -0.39 is 46.2 Å². The fraction of sp³-hybridized carbons (Fsp3) is 0.280. The highest BCUT2D eigenvalue weighted by Crippen LogP contribution is 2.34. The van der Waals surface area contributed by atoms with Crippen molar-refractivity contribution in [2.24, 2.45) is 7.05 Å². The number of aromatic nitrogens is 6. The van der Waals surface area contributed by atoms with Crippen molar-refractivity contribution in [3.63, 3.8) is 0 Å². The first kappa shape index (κ1) is 27.6. The number of halogens is 4. The summed E-state index contributed by atoms with van der Waals surface area (Å²) in [5, 5.41) is 24.8. The highest BCUT2D eigenvalue weighted by atomic mass is 19.4. The van der Waals surface area contributed by atoms with Gasteiger partial charge in [0.2, 0.25) is 0 Å². The number of hydrogen-bond donors (Lipinski definition) is 2. The van der Waals surface area contributed by atoms with E-state index in [0.29, 0.717) is 17.3 Å². The molecule has 0 radical (unpaired) electrons. The van der Waals surface area contributed by atoms with Gasteiger partial charge in [-0.2, -0.15) is 23.0 Å². The van der Waals surface area contributed by atoms with Gasteiger partial charge in [0.15, 0.2) is 0 Å². The molecular weight excluding hydrogens is 522 g/mol. The first-order valence-corrected chi connectivity index (χ1v) is 11.5. The van der Waals surface area contributed by atoms with Gasteiger partial charge in [0.05, 0.1) is 46.5 Å². The molecule has 0 fully saturated rings. The van der Waals surface area contributed by atoms with Crippen LogP contribution in [-0.2, 0) is 18.8 Å². The lowest BCUT2D eigenvalue weighted by Gasteiger charge is -2.20. The number of rotatable bonds is 6. The third-order valence-electron chi connectivity index (χ3n) is 5.93. The van der Waals surface area contributed by atoms with E-state index in [0.717, 1.165) is 22.9 Å². The molecule has 4 rings (SSSR count). The second-order valence-electron chi connectivity index (χ2n) is 9.30. The van der Waals surface area contributed by atoms with Crippen LogP contribution in [0.1, 0.15) is 54.0 Å². The number of benzene rings is 1. The molecule has 2 N–H and O–H groups in total. The molecule has 0 aliphatic heterocycles. The minimum Gasteiger partial charge on any atom is -0.386 e. The van der Waals surface area contributed by atoms with Crippen molar-refractivity contribution in [2.75, 3.05) is 0 Å². The molecule has 0 spiro atoms. The Labute approximate surface area is 218 Å². The topological polar surface area (TPSA) is 128 Å². The third-order valence-corrected chi connectivity index (χ3v) is 5.93. The number of carbonyl (C=O) groups excluding carboxylic acids is 1. The van der Waals surface area contributed by atoms with Crippen LogP contribution >= 0.6 is 0 Å². The Bertz CT molecular complexity index is 1610. The van der Waals surface area contributed by atoms with Gasteiger partial charge in [-0.3, -0.25) is 14.6 Å². The van der Waals surface area contributed by atoms with Crippen molar-refractivity contribution in [3.8, 4) is 16.9 Å². The Kier molecular flexibility index (Phi) is 7.08. The highest BCUT2D eigenvalue weighted by Gasteiger charge is 2.35. The lowest BCUT2D eigenvalue weighted by atomic mass is 9.99. The van der Waals surface area contributed by atoms with Crippen molar-refractivity contribution in [2.45, 2.75) is 38.6 Å². The van der Waals surface area contributed by atoms with Crippen LogP contribution in [0.5, 0.6) is 0 Å². The molecule has 0 bridgehead atoms. The summed E-state index contributed by atoms with van der Waals surface area (Å²) in [4.78, 5) is 30.5. The molecule has 1 aromatic carbocycles. The lowest BCUT2D eigenvalue weighted by molar-refractivity contribution is -0.140. The zero-order valence-electron chi connectivity index (χ0n) is 21.2. The predicted molar refractivity (Wildman–Crippen MR) is 130 cm³/mol. The highest BCUT2D eigenvalue weighted by molar-refractivity contribution is 5.92. The Hall–Kier alpha value is -4.46. The van der Waals surface area contributed by atoms with E-state index in [2.05, 4.69) is 25.7 Å². The molecule has 0 unspecified atom stereocenters. The Morgan fingerprint density at radius 1 is 1.10 bits per heavy atom. The second kappa shape index (κ2) is 10.0. The number of nitrogens with one attached hydrogen (secondary N) is 1. The number of alkyl halides is 3. The lowest BCUT2D eigenvalue weighted by Crippen LogP contribution is -2.36. The summed E-state index contributed by atoms with van der Waals surface area (Å²) in [7, 11) is 1.66.